The van der Waals surface area contributed by atoms with Crippen molar-refractivity contribution in [2.75, 3.05) is 4.90 Å². The predicted octanol–water partition coefficient (Wildman–Crippen LogP) is 3.85. The molecule has 1 aliphatic carbocycles. The second kappa shape index (κ2) is 6.75. The standard InChI is InChI=1S/C21H20FN3O/c1-15-6-2-5-9-19(15)24-13-12-23-20(21(24)26)25(17-10-11-17)14-16-7-3-4-8-18(16)22/h2-9,12-13,17H,10-11,14H2,1H3. The molecule has 4 rings (SSSR count). The quantitative estimate of drug-likeness (QED) is 0.702. The predicted molar refractivity (Wildman–Crippen MR) is 100 cm³/mol. The molecule has 1 heterocycles. The number of benzene rings is 2. The number of halogens is 1. The largest absolute Gasteiger partial charge is 0.345 e. The Bertz CT molecular complexity index is 994. The number of aryl methyl sites for hydroxylation is 1. The van der Waals surface area contributed by atoms with Crippen LogP contribution in [-0.2, 0) is 6.54 Å². The molecule has 0 aliphatic heterocycles. The van der Waals surface area contributed by atoms with E-state index in [9.17, 15) is 9.18 Å². The lowest BCUT2D eigenvalue weighted by molar-refractivity contribution is 0.601. The van der Waals surface area contributed by atoms with Gasteiger partial charge < -0.3 is 4.90 Å². The Labute approximate surface area is 151 Å². The Kier molecular flexibility index (Phi) is 4.29. The highest BCUT2D eigenvalue weighted by atomic mass is 19.1. The molecule has 1 aliphatic rings. The van der Waals surface area contributed by atoms with Crippen molar-refractivity contribution in [3.05, 3.63) is 88.2 Å². The number of nitrogens with zero attached hydrogens (tertiary/aromatic N) is 3. The maximum Gasteiger partial charge on any atom is 0.298 e. The van der Waals surface area contributed by atoms with Crippen molar-refractivity contribution >= 4 is 5.82 Å². The first-order valence-corrected chi connectivity index (χ1v) is 8.79. The highest BCUT2D eigenvalue weighted by Crippen LogP contribution is 2.31. The van der Waals surface area contributed by atoms with Gasteiger partial charge in [0.25, 0.3) is 5.56 Å². The summed E-state index contributed by atoms with van der Waals surface area (Å²) in [5.41, 5.74) is 2.25. The number of hydrogen-bond acceptors (Lipinski definition) is 3. The molecule has 5 heteroatoms. The molecule has 0 spiro atoms. The lowest BCUT2D eigenvalue weighted by atomic mass is 10.2. The van der Waals surface area contributed by atoms with Gasteiger partial charge in [0.15, 0.2) is 5.82 Å². The number of rotatable bonds is 5. The van der Waals surface area contributed by atoms with Crippen LogP contribution < -0.4 is 10.5 Å². The van der Waals surface area contributed by atoms with Gasteiger partial charge in [-0.1, -0.05) is 36.4 Å². The van der Waals surface area contributed by atoms with Crippen LogP contribution in [-0.4, -0.2) is 15.6 Å². The summed E-state index contributed by atoms with van der Waals surface area (Å²) in [6, 6.07) is 14.7. The van der Waals surface area contributed by atoms with Crippen LogP contribution in [0.5, 0.6) is 0 Å². The van der Waals surface area contributed by atoms with Crippen LogP contribution in [0.4, 0.5) is 10.2 Å². The normalized spacial score (nSPS) is 13.6. The van der Waals surface area contributed by atoms with Gasteiger partial charge in [-0.3, -0.25) is 9.36 Å². The van der Waals surface area contributed by atoms with Gasteiger partial charge >= 0.3 is 0 Å². The fourth-order valence-electron chi connectivity index (χ4n) is 3.19. The summed E-state index contributed by atoms with van der Waals surface area (Å²) in [6.07, 6.45) is 5.31. The molecule has 0 bridgehead atoms. The fraction of sp³-hybridized carbons (Fsp3) is 0.238. The van der Waals surface area contributed by atoms with E-state index in [-0.39, 0.29) is 17.4 Å². The van der Waals surface area contributed by atoms with Crippen molar-refractivity contribution in [3.8, 4) is 5.69 Å². The third-order valence-corrected chi connectivity index (χ3v) is 4.76. The zero-order valence-electron chi connectivity index (χ0n) is 14.6. The summed E-state index contributed by atoms with van der Waals surface area (Å²) in [5.74, 6) is 0.120. The highest BCUT2D eigenvalue weighted by molar-refractivity contribution is 5.46. The monoisotopic (exact) mass is 349 g/mol. The minimum Gasteiger partial charge on any atom is -0.345 e. The van der Waals surface area contributed by atoms with Crippen molar-refractivity contribution in [2.24, 2.45) is 0 Å². The first kappa shape index (κ1) is 16.5. The van der Waals surface area contributed by atoms with E-state index in [0.29, 0.717) is 17.9 Å². The van der Waals surface area contributed by atoms with Crippen molar-refractivity contribution in [1.29, 1.82) is 0 Å². The summed E-state index contributed by atoms with van der Waals surface area (Å²) in [5, 5.41) is 0. The Morgan fingerprint density at radius 3 is 2.62 bits per heavy atom. The Morgan fingerprint density at radius 1 is 1.15 bits per heavy atom. The third kappa shape index (κ3) is 3.12. The van der Waals surface area contributed by atoms with Gasteiger partial charge in [0.1, 0.15) is 5.82 Å². The molecule has 1 aromatic heterocycles. The molecule has 1 fully saturated rings. The Hall–Kier alpha value is -2.95. The van der Waals surface area contributed by atoms with Crippen LogP contribution in [0.25, 0.3) is 5.69 Å². The third-order valence-electron chi connectivity index (χ3n) is 4.76. The van der Waals surface area contributed by atoms with E-state index < -0.39 is 0 Å². The number of anilines is 1. The molecule has 132 valence electrons. The van der Waals surface area contributed by atoms with Crippen LogP contribution in [0.1, 0.15) is 24.0 Å². The van der Waals surface area contributed by atoms with Crippen molar-refractivity contribution < 1.29 is 4.39 Å². The van der Waals surface area contributed by atoms with E-state index >= 15 is 0 Å². The molecule has 0 atom stereocenters. The van der Waals surface area contributed by atoms with Crippen molar-refractivity contribution in [3.63, 3.8) is 0 Å². The Morgan fingerprint density at radius 2 is 1.88 bits per heavy atom. The molecule has 0 saturated heterocycles. The van der Waals surface area contributed by atoms with E-state index in [1.165, 1.54) is 6.07 Å². The number of aromatic nitrogens is 2. The molecule has 1 saturated carbocycles. The summed E-state index contributed by atoms with van der Waals surface area (Å²) in [6.45, 7) is 2.32. The van der Waals surface area contributed by atoms with E-state index in [2.05, 4.69) is 4.98 Å². The molecule has 2 aromatic carbocycles. The summed E-state index contributed by atoms with van der Waals surface area (Å²) in [7, 11) is 0. The first-order chi connectivity index (χ1) is 12.6. The maximum atomic E-state index is 14.1. The maximum absolute atomic E-state index is 14.1. The average Bonchev–Trinajstić information content (AvgIpc) is 3.47. The molecule has 4 nitrogen and oxygen atoms in total. The lowest BCUT2D eigenvalue weighted by Crippen LogP contribution is -2.34. The van der Waals surface area contributed by atoms with Crippen molar-refractivity contribution in [1.82, 2.24) is 9.55 Å². The van der Waals surface area contributed by atoms with E-state index in [1.807, 2.05) is 42.2 Å². The van der Waals surface area contributed by atoms with E-state index in [0.717, 1.165) is 24.1 Å². The zero-order valence-corrected chi connectivity index (χ0v) is 14.6. The van der Waals surface area contributed by atoms with Gasteiger partial charge in [0.2, 0.25) is 0 Å². The minimum absolute atomic E-state index is 0.176. The van der Waals surface area contributed by atoms with Gasteiger partial charge in [0.05, 0.1) is 5.69 Å². The topological polar surface area (TPSA) is 38.1 Å². The first-order valence-electron chi connectivity index (χ1n) is 8.79. The summed E-state index contributed by atoms with van der Waals surface area (Å²) >= 11 is 0. The highest BCUT2D eigenvalue weighted by Gasteiger charge is 2.32. The van der Waals surface area contributed by atoms with Crippen LogP contribution in [0.3, 0.4) is 0 Å². The zero-order chi connectivity index (χ0) is 18.1. The van der Waals surface area contributed by atoms with Gasteiger partial charge in [-0.15, -0.1) is 0 Å². The van der Waals surface area contributed by atoms with Crippen LogP contribution >= 0.6 is 0 Å². The smallest absolute Gasteiger partial charge is 0.298 e. The molecule has 3 aromatic rings. The summed E-state index contributed by atoms with van der Waals surface area (Å²) < 4.78 is 15.7. The molecule has 0 amide bonds. The van der Waals surface area contributed by atoms with Gasteiger partial charge in [0, 0.05) is 30.5 Å². The van der Waals surface area contributed by atoms with Gasteiger partial charge in [-0.05, 0) is 37.5 Å². The lowest BCUT2D eigenvalue weighted by Gasteiger charge is -2.24. The van der Waals surface area contributed by atoms with E-state index in [4.69, 9.17) is 0 Å². The van der Waals surface area contributed by atoms with Crippen LogP contribution in [0.15, 0.2) is 65.7 Å². The minimum atomic E-state index is -0.256. The number of hydrogen-bond donors (Lipinski definition) is 0. The van der Waals surface area contributed by atoms with Crippen molar-refractivity contribution in [2.45, 2.75) is 32.4 Å². The van der Waals surface area contributed by atoms with Gasteiger partial charge in [-0.2, -0.15) is 0 Å². The molecule has 0 N–H and O–H groups in total. The summed E-state index contributed by atoms with van der Waals surface area (Å²) in [4.78, 5) is 19.4. The SMILES string of the molecule is Cc1ccccc1-n1ccnc(N(Cc2ccccc2F)C2CC2)c1=O. The average molecular weight is 349 g/mol. The van der Waals surface area contributed by atoms with E-state index in [1.54, 1.807) is 29.1 Å². The fourth-order valence-corrected chi connectivity index (χ4v) is 3.19. The van der Waals surface area contributed by atoms with Crippen LogP contribution in [0.2, 0.25) is 0 Å². The second-order valence-corrected chi connectivity index (χ2v) is 6.66. The Balaban J connectivity index is 1.76. The molecule has 0 unspecified atom stereocenters. The van der Waals surface area contributed by atoms with Gasteiger partial charge in [-0.25, -0.2) is 9.37 Å². The second-order valence-electron chi connectivity index (χ2n) is 6.66. The molecule has 26 heavy (non-hydrogen) atoms. The number of para-hydroxylation sites is 1. The molecular formula is C21H20FN3O. The van der Waals surface area contributed by atoms with Crippen LogP contribution in [0, 0.1) is 12.7 Å². The molecule has 0 radical (unpaired) electrons. The molecular weight excluding hydrogens is 329 g/mol.